The predicted molar refractivity (Wildman–Crippen MR) is 60.5 cm³/mol. The van der Waals surface area contributed by atoms with Crippen LogP contribution in [0.5, 0.6) is 0 Å². The number of hydrogen-bond acceptors (Lipinski definition) is 1. The first-order valence-electron chi connectivity index (χ1n) is 5.45. The normalized spacial score (nSPS) is 23.1. The zero-order chi connectivity index (χ0) is 10.9. The van der Waals surface area contributed by atoms with E-state index in [0.717, 1.165) is 12.8 Å². The molecule has 1 atom stereocenters. The molecule has 2 nitrogen and oxygen atoms in total. The van der Waals surface area contributed by atoms with Crippen molar-refractivity contribution < 1.29 is 4.79 Å². The van der Waals surface area contributed by atoms with Gasteiger partial charge < -0.3 is 5.32 Å². The van der Waals surface area contributed by atoms with Gasteiger partial charge in [0.25, 0.3) is 0 Å². The predicted octanol–water partition coefficient (Wildman–Crippen LogP) is 2.14. The van der Waals surface area contributed by atoms with Gasteiger partial charge in [0.15, 0.2) is 0 Å². The molecule has 0 aromatic heterocycles. The van der Waals surface area contributed by atoms with Crippen molar-refractivity contribution >= 4 is 5.91 Å². The summed E-state index contributed by atoms with van der Waals surface area (Å²) >= 11 is 0. The Kier molecular flexibility index (Phi) is 2.51. The Labute approximate surface area is 90.7 Å². The lowest BCUT2D eigenvalue weighted by molar-refractivity contribution is -0.143. The molecule has 1 aromatic rings. The van der Waals surface area contributed by atoms with Crippen molar-refractivity contribution in [2.75, 3.05) is 0 Å². The van der Waals surface area contributed by atoms with Crippen LogP contribution in [0.3, 0.4) is 0 Å². The van der Waals surface area contributed by atoms with E-state index in [1.807, 2.05) is 19.9 Å². The fourth-order valence-electron chi connectivity index (χ4n) is 1.99. The van der Waals surface area contributed by atoms with Gasteiger partial charge in [-0.05, 0) is 32.3 Å². The van der Waals surface area contributed by atoms with E-state index in [9.17, 15) is 4.79 Å². The molecule has 2 heteroatoms. The average Bonchev–Trinajstić information content (AvgIpc) is 2.25. The summed E-state index contributed by atoms with van der Waals surface area (Å²) in [6.07, 6.45) is 2.07. The molecule has 0 bridgehead atoms. The molecule has 0 unspecified atom stereocenters. The second-order valence-electron chi connectivity index (χ2n) is 4.77. The number of nitrogens with one attached hydrogen (secondary N) is 1. The molecule has 15 heavy (non-hydrogen) atoms. The molecule has 0 radical (unpaired) electrons. The maximum atomic E-state index is 11.3. The molecule has 1 fully saturated rings. The minimum absolute atomic E-state index is 0.172. The van der Waals surface area contributed by atoms with Crippen LogP contribution in [0, 0.1) is 5.41 Å². The lowest BCUT2D eigenvalue weighted by Crippen LogP contribution is -2.64. The maximum Gasteiger partial charge on any atom is 0.227 e. The molecular weight excluding hydrogens is 186 g/mol. The second-order valence-corrected chi connectivity index (χ2v) is 4.77. The fraction of sp³-hybridized carbons (Fsp3) is 0.462. The Bertz CT molecular complexity index is 356. The van der Waals surface area contributed by atoms with Crippen molar-refractivity contribution in [2.24, 2.45) is 5.41 Å². The maximum absolute atomic E-state index is 11.3. The van der Waals surface area contributed by atoms with E-state index in [-0.39, 0.29) is 11.3 Å². The van der Waals surface area contributed by atoms with Crippen LogP contribution in [-0.4, -0.2) is 11.9 Å². The number of hydrogen-bond donors (Lipinski definition) is 1. The zero-order valence-corrected chi connectivity index (χ0v) is 9.29. The van der Waals surface area contributed by atoms with Gasteiger partial charge in [-0.2, -0.15) is 0 Å². The van der Waals surface area contributed by atoms with E-state index < -0.39 is 0 Å². The first kappa shape index (κ1) is 10.2. The first-order chi connectivity index (χ1) is 7.10. The molecule has 80 valence electrons. The summed E-state index contributed by atoms with van der Waals surface area (Å²) in [4.78, 5) is 11.3. The minimum atomic E-state index is -0.172. The largest absolute Gasteiger partial charge is 0.352 e. The molecule has 0 spiro atoms. The topological polar surface area (TPSA) is 29.1 Å². The van der Waals surface area contributed by atoms with Crippen LogP contribution in [0.15, 0.2) is 30.3 Å². The van der Waals surface area contributed by atoms with E-state index in [0.29, 0.717) is 6.04 Å². The zero-order valence-electron chi connectivity index (χ0n) is 9.29. The van der Waals surface area contributed by atoms with E-state index in [1.54, 1.807) is 0 Å². The van der Waals surface area contributed by atoms with Crippen molar-refractivity contribution in [1.82, 2.24) is 5.32 Å². The number of aryl methyl sites for hydroxylation is 1. The van der Waals surface area contributed by atoms with E-state index >= 15 is 0 Å². The lowest BCUT2D eigenvalue weighted by Gasteiger charge is -2.44. The highest BCUT2D eigenvalue weighted by Crippen LogP contribution is 2.32. The van der Waals surface area contributed by atoms with Crippen LogP contribution < -0.4 is 5.32 Å². The first-order valence-corrected chi connectivity index (χ1v) is 5.45. The van der Waals surface area contributed by atoms with Crippen molar-refractivity contribution in [1.29, 1.82) is 0 Å². The van der Waals surface area contributed by atoms with Crippen LogP contribution in [0.25, 0.3) is 0 Å². The van der Waals surface area contributed by atoms with Gasteiger partial charge in [-0.3, -0.25) is 4.79 Å². The summed E-state index contributed by atoms with van der Waals surface area (Å²) in [6, 6.07) is 10.7. The van der Waals surface area contributed by atoms with Crippen LogP contribution in [0.4, 0.5) is 0 Å². The lowest BCUT2D eigenvalue weighted by atomic mass is 9.74. The molecule has 1 saturated heterocycles. The van der Waals surface area contributed by atoms with E-state index in [1.165, 1.54) is 5.56 Å². The molecule has 1 heterocycles. The Morgan fingerprint density at radius 2 is 1.93 bits per heavy atom. The fourth-order valence-corrected chi connectivity index (χ4v) is 1.99. The van der Waals surface area contributed by atoms with Gasteiger partial charge in [-0.25, -0.2) is 0 Å². The van der Waals surface area contributed by atoms with Gasteiger partial charge in [0.1, 0.15) is 0 Å². The number of carbonyl (C=O) groups is 1. The van der Waals surface area contributed by atoms with E-state index in [4.69, 9.17) is 0 Å². The summed E-state index contributed by atoms with van der Waals surface area (Å²) in [7, 11) is 0. The highest BCUT2D eigenvalue weighted by molar-refractivity contribution is 5.89. The third kappa shape index (κ3) is 1.89. The Morgan fingerprint density at radius 1 is 1.27 bits per heavy atom. The van der Waals surface area contributed by atoms with Gasteiger partial charge in [0, 0.05) is 6.04 Å². The average molecular weight is 203 g/mol. The Balaban J connectivity index is 1.88. The van der Waals surface area contributed by atoms with Gasteiger partial charge in [0.2, 0.25) is 5.91 Å². The van der Waals surface area contributed by atoms with Gasteiger partial charge in [0.05, 0.1) is 5.41 Å². The van der Waals surface area contributed by atoms with Gasteiger partial charge in [-0.1, -0.05) is 30.3 Å². The van der Waals surface area contributed by atoms with Crippen LogP contribution in [0.2, 0.25) is 0 Å². The molecule has 1 aliphatic heterocycles. The highest BCUT2D eigenvalue weighted by Gasteiger charge is 2.46. The summed E-state index contributed by atoms with van der Waals surface area (Å²) < 4.78 is 0. The molecule has 1 aromatic carbocycles. The molecule has 0 aliphatic carbocycles. The molecule has 1 amide bonds. The summed E-state index contributed by atoms with van der Waals surface area (Å²) in [6.45, 7) is 4.03. The Hall–Kier alpha value is -1.31. The van der Waals surface area contributed by atoms with Crippen LogP contribution in [0.1, 0.15) is 25.8 Å². The summed E-state index contributed by atoms with van der Waals surface area (Å²) in [5.41, 5.74) is 1.17. The molecule has 1 aliphatic rings. The number of benzene rings is 1. The molecule has 1 N–H and O–H groups in total. The minimum Gasteiger partial charge on any atom is -0.352 e. The number of amides is 1. The van der Waals surface area contributed by atoms with Crippen molar-refractivity contribution in [3.63, 3.8) is 0 Å². The van der Waals surface area contributed by atoms with Gasteiger partial charge >= 0.3 is 0 Å². The number of carbonyl (C=O) groups excluding carboxylic acids is 1. The number of rotatable bonds is 3. The van der Waals surface area contributed by atoms with E-state index in [2.05, 4.69) is 29.6 Å². The monoisotopic (exact) mass is 203 g/mol. The molecule has 2 rings (SSSR count). The second kappa shape index (κ2) is 3.69. The Morgan fingerprint density at radius 3 is 2.47 bits per heavy atom. The third-order valence-electron chi connectivity index (χ3n) is 3.33. The molecular formula is C13H17NO. The van der Waals surface area contributed by atoms with Crippen molar-refractivity contribution in [3.8, 4) is 0 Å². The standard InChI is InChI=1S/C13H17NO/c1-13(2)11(14-12(13)15)9-8-10-6-4-3-5-7-10/h3-7,11H,8-9H2,1-2H3,(H,14,15)/t11-/m1/s1. The smallest absolute Gasteiger partial charge is 0.227 e. The number of β-lactam (4-membered cyclic amide) rings is 1. The molecule has 0 saturated carbocycles. The third-order valence-corrected chi connectivity index (χ3v) is 3.33. The van der Waals surface area contributed by atoms with Crippen molar-refractivity contribution in [3.05, 3.63) is 35.9 Å². The van der Waals surface area contributed by atoms with Crippen LogP contribution in [-0.2, 0) is 11.2 Å². The van der Waals surface area contributed by atoms with Crippen LogP contribution >= 0.6 is 0 Å². The summed E-state index contributed by atoms with van der Waals surface area (Å²) in [5.74, 6) is 0.181. The van der Waals surface area contributed by atoms with Crippen molar-refractivity contribution in [2.45, 2.75) is 32.7 Å². The SMILES string of the molecule is CC1(C)C(=O)N[C@@H]1CCc1ccccc1. The quantitative estimate of drug-likeness (QED) is 0.749. The van der Waals surface area contributed by atoms with Gasteiger partial charge in [-0.15, -0.1) is 0 Å². The summed E-state index contributed by atoms with van der Waals surface area (Å²) in [5, 5.41) is 2.96. The highest BCUT2D eigenvalue weighted by atomic mass is 16.2.